The standard InChI is InChI=1S/C6H12O4Si/c1-4(7)9-6(3-11)10-5(2)8/h6H,3H2,1-2,11H3. The number of hydrogen-bond acceptors (Lipinski definition) is 4. The van der Waals surface area contributed by atoms with Gasteiger partial charge in [0.15, 0.2) is 0 Å². The molecular weight excluding hydrogens is 164 g/mol. The molecule has 64 valence electrons. The molecule has 0 aliphatic rings. The SMILES string of the molecule is CC(=O)OC(C[SiH3])OC(C)=O. The van der Waals surface area contributed by atoms with Crippen molar-refractivity contribution in [1.29, 1.82) is 0 Å². The Labute approximate surface area is 68.3 Å². The Kier molecular flexibility index (Phi) is 4.52. The number of esters is 2. The van der Waals surface area contributed by atoms with Crippen LogP contribution in [-0.2, 0) is 19.1 Å². The largest absolute Gasteiger partial charge is 0.426 e. The molecule has 0 heterocycles. The molecule has 0 radical (unpaired) electrons. The zero-order chi connectivity index (χ0) is 8.85. The van der Waals surface area contributed by atoms with Crippen molar-refractivity contribution in [3.63, 3.8) is 0 Å². The van der Waals surface area contributed by atoms with Crippen LogP contribution in [0.5, 0.6) is 0 Å². The van der Waals surface area contributed by atoms with Crippen molar-refractivity contribution in [2.45, 2.75) is 26.2 Å². The van der Waals surface area contributed by atoms with Crippen molar-refractivity contribution in [3.05, 3.63) is 0 Å². The highest BCUT2D eigenvalue weighted by Crippen LogP contribution is 1.99. The third-order valence-corrected chi connectivity index (χ3v) is 1.59. The summed E-state index contributed by atoms with van der Waals surface area (Å²) in [5.41, 5.74) is 0. The lowest BCUT2D eigenvalue weighted by atomic mass is 10.7. The van der Waals surface area contributed by atoms with Crippen LogP contribution in [0.3, 0.4) is 0 Å². The first-order chi connectivity index (χ1) is 5.06. The minimum absolute atomic E-state index is 0.424. The van der Waals surface area contributed by atoms with E-state index in [0.29, 0.717) is 6.04 Å². The van der Waals surface area contributed by atoms with E-state index in [1.54, 1.807) is 0 Å². The summed E-state index contributed by atoms with van der Waals surface area (Å²) in [5, 5.41) is 0. The Bertz CT molecular complexity index is 141. The summed E-state index contributed by atoms with van der Waals surface area (Å²) < 4.78 is 9.33. The van der Waals surface area contributed by atoms with E-state index in [9.17, 15) is 9.59 Å². The van der Waals surface area contributed by atoms with Crippen molar-refractivity contribution < 1.29 is 19.1 Å². The number of carbonyl (C=O) groups excluding carboxylic acids is 2. The Morgan fingerprint density at radius 2 is 1.64 bits per heavy atom. The monoisotopic (exact) mass is 176 g/mol. The van der Waals surface area contributed by atoms with E-state index in [0.717, 1.165) is 10.2 Å². The maximum absolute atomic E-state index is 10.4. The summed E-state index contributed by atoms with van der Waals surface area (Å²) in [5.74, 6) is -0.848. The maximum atomic E-state index is 10.4. The van der Waals surface area contributed by atoms with Gasteiger partial charge in [-0.05, 0) is 0 Å². The highest BCUT2D eigenvalue weighted by Gasteiger charge is 2.11. The third-order valence-electron chi connectivity index (χ3n) is 0.928. The third kappa shape index (κ3) is 5.59. The lowest BCUT2D eigenvalue weighted by Gasteiger charge is -2.13. The molecule has 5 heteroatoms. The second-order valence-electron chi connectivity index (χ2n) is 2.06. The van der Waals surface area contributed by atoms with Crippen LogP contribution in [0.4, 0.5) is 0 Å². The molecule has 0 aromatic carbocycles. The van der Waals surface area contributed by atoms with E-state index < -0.39 is 18.2 Å². The van der Waals surface area contributed by atoms with Gasteiger partial charge in [-0.15, -0.1) is 0 Å². The van der Waals surface area contributed by atoms with Crippen LogP contribution in [-0.4, -0.2) is 28.5 Å². The van der Waals surface area contributed by atoms with Crippen molar-refractivity contribution in [2.75, 3.05) is 0 Å². The van der Waals surface area contributed by atoms with Gasteiger partial charge in [0.05, 0.1) is 0 Å². The second-order valence-corrected chi connectivity index (χ2v) is 2.87. The van der Waals surface area contributed by atoms with Crippen LogP contribution in [0.2, 0.25) is 6.04 Å². The van der Waals surface area contributed by atoms with Gasteiger partial charge >= 0.3 is 11.9 Å². The van der Waals surface area contributed by atoms with E-state index in [1.807, 2.05) is 0 Å². The molecule has 0 N–H and O–H groups in total. The first kappa shape index (κ1) is 10.2. The summed E-state index contributed by atoms with van der Waals surface area (Å²) in [7, 11) is 0.829. The Hall–Kier alpha value is -0.843. The van der Waals surface area contributed by atoms with Crippen LogP contribution in [0, 0.1) is 0 Å². The maximum Gasteiger partial charge on any atom is 0.305 e. The predicted molar refractivity (Wildman–Crippen MR) is 42.1 cm³/mol. The van der Waals surface area contributed by atoms with Crippen LogP contribution >= 0.6 is 0 Å². The van der Waals surface area contributed by atoms with Gasteiger partial charge in [0.2, 0.25) is 6.29 Å². The second kappa shape index (κ2) is 4.89. The van der Waals surface area contributed by atoms with Gasteiger partial charge in [-0.2, -0.15) is 0 Å². The van der Waals surface area contributed by atoms with Crippen molar-refractivity contribution in [1.82, 2.24) is 0 Å². The number of ether oxygens (including phenoxy) is 2. The first-order valence-corrected chi connectivity index (χ1v) is 4.82. The molecule has 0 saturated heterocycles. The summed E-state index contributed by atoms with van der Waals surface area (Å²) in [6.07, 6.45) is -0.670. The number of rotatable bonds is 3. The number of hydrogen-bond donors (Lipinski definition) is 0. The summed E-state index contributed by atoms with van der Waals surface area (Å²) in [4.78, 5) is 20.8. The molecule has 0 bridgehead atoms. The predicted octanol–water partition coefficient (Wildman–Crippen LogP) is -0.778. The quantitative estimate of drug-likeness (QED) is 0.322. The molecule has 0 atom stereocenters. The van der Waals surface area contributed by atoms with Gasteiger partial charge < -0.3 is 9.47 Å². The Morgan fingerprint density at radius 3 is 1.82 bits per heavy atom. The average molecular weight is 176 g/mol. The Morgan fingerprint density at radius 1 is 1.27 bits per heavy atom. The molecule has 0 aliphatic heterocycles. The molecular formula is C6H12O4Si. The molecule has 11 heavy (non-hydrogen) atoms. The van der Waals surface area contributed by atoms with Crippen molar-refractivity contribution in [2.24, 2.45) is 0 Å². The van der Waals surface area contributed by atoms with E-state index in [1.165, 1.54) is 13.8 Å². The summed E-state index contributed by atoms with van der Waals surface area (Å²) in [6, 6.07) is 0.610. The van der Waals surface area contributed by atoms with Crippen LogP contribution in [0.1, 0.15) is 13.8 Å². The minimum Gasteiger partial charge on any atom is -0.426 e. The van der Waals surface area contributed by atoms with Crippen LogP contribution < -0.4 is 0 Å². The first-order valence-electron chi connectivity index (χ1n) is 3.40. The van der Waals surface area contributed by atoms with E-state index in [4.69, 9.17) is 0 Å². The van der Waals surface area contributed by atoms with Crippen molar-refractivity contribution >= 4 is 22.2 Å². The molecule has 4 nitrogen and oxygen atoms in total. The van der Waals surface area contributed by atoms with Crippen LogP contribution in [0.15, 0.2) is 0 Å². The summed E-state index contributed by atoms with van der Waals surface area (Å²) >= 11 is 0. The molecule has 0 aliphatic carbocycles. The van der Waals surface area contributed by atoms with Crippen molar-refractivity contribution in [3.8, 4) is 0 Å². The van der Waals surface area contributed by atoms with E-state index >= 15 is 0 Å². The highest BCUT2D eigenvalue weighted by atomic mass is 28.1. The van der Waals surface area contributed by atoms with Gasteiger partial charge in [-0.1, -0.05) is 0 Å². The lowest BCUT2D eigenvalue weighted by Crippen LogP contribution is -2.21. The van der Waals surface area contributed by atoms with E-state index in [-0.39, 0.29) is 0 Å². The van der Waals surface area contributed by atoms with Gasteiger partial charge in [0, 0.05) is 30.1 Å². The fraction of sp³-hybridized carbons (Fsp3) is 0.667. The normalized spacial score (nSPS) is 9.73. The molecule has 0 spiro atoms. The zero-order valence-electron chi connectivity index (χ0n) is 6.92. The fourth-order valence-electron chi connectivity index (χ4n) is 0.561. The van der Waals surface area contributed by atoms with E-state index in [2.05, 4.69) is 9.47 Å². The molecule has 0 saturated carbocycles. The summed E-state index contributed by atoms with van der Waals surface area (Å²) in [6.45, 7) is 2.57. The fourth-order valence-corrected chi connectivity index (χ4v) is 0.894. The highest BCUT2D eigenvalue weighted by molar-refractivity contribution is 6.08. The molecule has 0 amide bonds. The van der Waals surface area contributed by atoms with Gasteiger partial charge in [0.25, 0.3) is 0 Å². The molecule has 0 aromatic rings. The lowest BCUT2D eigenvalue weighted by molar-refractivity contribution is -0.181. The smallest absolute Gasteiger partial charge is 0.305 e. The zero-order valence-corrected chi connectivity index (χ0v) is 8.92. The molecule has 0 aromatic heterocycles. The van der Waals surface area contributed by atoms with Crippen LogP contribution in [0.25, 0.3) is 0 Å². The topological polar surface area (TPSA) is 52.6 Å². The average Bonchev–Trinajstić information content (AvgIpc) is 1.84. The molecule has 0 rings (SSSR count). The number of carbonyl (C=O) groups is 2. The van der Waals surface area contributed by atoms with Gasteiger partial charge in [0.1, 0.15) is 0 Å². The van der Waals surface area contributed by atoms with Gasteiger partial charge in [-0.25, -0.2) is 0 Å². The van der Waals surface area contributed by atoms with Gasteiger partial charge in [-0.3, -0.25) is 9.59 Å². The Balaban J connectivity index is 3.76. The molecule has 0 fully saturated rings. The molecule has 0 unspecified atom stereocenters. The minimum atomic E-state index is -0.670.